The van der Waals surface area contributed by atoms with Crippen molar-refractivity contribution in [3.63, 3.8) is 0 Å². The minimum absolute atomic E-state index is 0.453. The SMILES string of the molecule is CC(C)(C)OC(=O)[C@H](C(=O)O)C(N)C(c1ccccc1)c1ccccc1. The highest BCUT2D eigenvalue weighted by molar-refractivity contribution is 5.95. The number of carboxylic acids is 1. The maximum Gasteiger partial charge on any atom is 0.322 e. The molecule has 0 saturated heterocycles. The number of hydrogen-bond acceptors (Lipinski definition) is 4. The average molecular weight is 355 g/mol. The molecule has 0 heterocycles. The number of aliphatic carboxylic acids is 1. The third-order valence-electron chi connectivity index (χ3n) is 4.01. The maximum absolute atomic E-state index is 12.5. The van der Waals surface area contributed by atoms with Crippen LogP contribution < -0.4 is 5.73 Å². The topological polar surface area (TPSA) is 89.6 Å². The highest BCUT2D eigenvalue weighted by Crippen LogP contribution is 2.31. The lowest BCUT2D eigenvalue weighted by Gasteiger charge is -2.30. The van der Waals surface area contributed by atoms with Gasteiger partial charge in [-0.2, -0.15) is 0 Å². The molecule has 0 aliphatic heterocycles. The second kappa shape index (κ2) is 8.15. The Morgan fingerprint density at radius 3 is 1.69 bits per heavy atom. The van der Waals surface area contributed by atoms with Crippen LogP contribution in [0.1, 0.15) is 37.8 Å². The molecular formula is C21H25NO4. The quantitative estimate of drug-likeness (QED) is 0.613. The lowest BCUT2D eigenvalue weighted by atomic mass is 9.79. The summed E-state index contributed by atoms with van der Waals surface area (Å²) >= 11 is 0. The van der Waals surface area contributed by atoms with Crippen LogP contribution in [0.4, 0.5) is 0 Å². The summed E-state index contributed by atoms with van der Waals surface area (Å²) < 4.78 is 5.30. The molecule has 2 atom stereocenters. The highest BCUT2D eigenvalue weighted by atomic mass is 16.6. The molecule has 2 aromatic rings. The van der Waals surface area contributed by atoms with Crippen LogP contribution in [0.5, 0.6) is 0 Å². The van der Waals surface area contributed by atoms with Gasteiger partial charge in [0, 0.05) is 12.0 Å². The lowest BCUT2D eigenvalue weighted by molar-refractivity contribution is -0.167. The second-order valence-electron chi connectivity index (χ2n) is 7.23. The van der Waals surface area contributed by atoms with Crippen LogP contribution in [0.15, 0.2) is 60.7 Å². The number of esters is 1. The highest BCUT2D eigenvalue weighted by Gasteiger charge is 2.41. The van der Waals surface area contributed by atoms with E-state index in [0.29, 0.717) is 0 Å². The molecule has 5 nitrogen and oxygen atoms in total. The predicted molar refractivity (Wildman–Crippen MR) is 99.7 cm³/mol. The number of nitrogens with two attached hydrogens (primary N) is 1. The molecule has 0 aromatic heterocycles. The van der Waals surface area contributed by atoms with Gasteiger partial charge in [-0.15, -0.1) is 0 Å². The lowest BCUT2D eigenvalue weighted by Crippen LogP contribution is -2.47. The Bertz CT molecular complexity index is 698. The molecule has 3 N–H and O–H groups in total. The van der Waals surface area contributed by atoms with E-state index in [0.717, 1.165) is 11.1 Å². The van der Waals surface area contributed by atoms with Crippen molar-refractivity contribution in [1.29, 1.82) is 0 Å². The fraction of sp³-hybridized carbons (Fsp3) is 0.333. The van der Waals surface area contributed by atoms with Crippen molar-refractivity contribution in [2.45, 2.75) is 38.3 Å². The van der Waals surface area contributed by atoms with Crippen LogP contribution >= 0.6 is 0 Å². The van der Waals surface area contributed by atoms with Crippen molar-refractivity contribution in [3.05, 3.63) is 71.8 Å². The molecule has 0 spiro atoms. The maximum atomic E-state index is 12.5. The van der Waals surface area contributed by atoms with E-state index < -0.39 is 35.4 Å². The van der Waals surface area contributed by atoms with Gasteiger partial charge in [0.05, 0.1) is 0 Å². The predicted octanol–water partition coefficient (Wildman–Crippen LogP) is 3.19. The Labute approximate surface area is 153 Å². The molecule has 0 amide bonds. The summed E-state index contributed by atoms with van der Waals surface area (Å²) in [6, 6.07) is 17.7. The number of carboxylic acid groups (broad SMARTS) is 1. The minimum atomic E-state index is -1.47. The van der Waals surface area contributed by atoms with Gasteiger partial charge in [-0.3, -0.25) is 9.59 Å². The number of carbonyl (C=O) groups is 2. The van der Waals surface area contributed by atoms with Gasteiger partial charge in [0.1, 0.15) is 5.60 Å². The van der Waals surface area contributed by atoms with E-state index in [4.69, 9.17) is 10.5 Å². The first-order chi connectivity index (χ1) is 12.2. The molecule has 0 saturated carbocycles. The zero-order valence-corrected chi connectivity index (χ0v) is 15.3. The number of rotatable bonds is 6. The largest absolute Gasteiger partial charge is 0.481 e. The second-order valence-corrected chi connectivity index (χ2v) is 7.23. The van der Waals surface area contributed by atoms with Crippen LogP contribution in [-0.4, -0.2) is 28.7 Å². The summed E-state index contributed by atoms with van der Waals surface area (Å²) in [5.74, 6) is -4.04. The van der Waals surface area contributed by atoms with Crippen molar-refractivity contribution in [1.82, 2.24) is 0 Å². The van der Waals surface area contributed by atoms with Crippen molar-refractivity contribution < 1.29 is 19.4 Å². The molecule has 26 heavy (non-hydrogen) atoms. The molecule has 0 aliphatic rings. The van der Waals surface area contributed by atoms with Gasteiger partial charge in [-0.25, -0.2) is 0 Å². The first-order valence-electron chi connectivity index (χ1n) is 8.52. The van der Waals surface area contributed by atoms with Crippen LogP contribution in [-0.2, 0) is 14.3 Å². The normalized spacial score (nSPS) is 13.9. The molecule has 2 rings (SSSR count). The Morgan fingerprint density at radius 1 is 0.923 bits per heavy atom. The van der Waals surface area contributed by atoms with E-state index in [2.05, 4.69) is 0 Å². The Morgan fingerprint density at radius 2 is 1.35 bits per heavy atom. The molecular weight excluding hydrogens is 330 g/mol. The van der Waals surface area contributed by atoms with Gasteiger partial charge in [0.15, 0.2) is 5.92 Å². The average Bonchev–Trinajstić information content (AvgIpc) is 2.55. The minimum Gasteiger partial charge on any atom is -0.481 e. The summed E-state index contributed by atoms with van der Waals surface area (Å²) in [5.41, 5.74) is 7.27. The molecule has 0 bridgehead atoms. The molecule has 2 aromatic carbocycles. The third kappa shape index (κ3) is 4.92. The van der Waals surface area contributed by atoms with E-state index in [1.54, 1.807) is 20.8 Å². The first-order valence-corrected chi connectivity index (χ1v) is 8.52. The number of benzene rings is 2. The fourth-order valence-electron chi connectivity index (χ4n) is 2.94. The van der Waals surface area contributed by atoms with E-state index >= 15 is 0 Å². The first kappa shape index (κ1) is 19.7. The van der Waals surface area contributed by atoms with Gasteiger partial charge in [0.25, 0.3) is 0 Å². The zero-order chi connectivity index (χ0) is 19.3. The Balaban J connectivity index is 2.45. The van der Waals surface area contributed by atoms with E-state index in [1.807, 2.05) is 60.7 Å². The van der Waals surface area contributed by atoms with E-state index in [-0.39, 0.29) is 0 Å². The van der Waals surface area contributed by atoms with Crippen molar-refractivity contribution in [3.8, 4) is 0 Å². The summed E-state index contributed by atoms with van der Waals surface area (Å²) in [6.45, 7) is 5.09. The van der Waals surface area contributed by atoms with Crippen molar-refractivity contribution >= 4 is 11.9 Å². The van der Waals surface area contributed by atoms with Gasteiger partial charge in [-0.05, 0) is 31.9 Å². The summed E-state index contributed by atoms with van der Waals surface area (Å²) in [5, 5.41) is 9.67. The van der Waals surface area contributed by atoms with Gasteiger partial charge < -0.3 is 15.6 Å². The third-order valence-corrected chi connectivity index (χ3v) is 4.01. The van der Waals surface area contributed by atoms with Gasteiger partial charge in [0.2, 0.25) is 0 Å². The van der Waals surface area contributed by atoms with Gasteiger partial charge in [-0.1, -0.05) is 60.7 Å². The molecule has 138 valence electrons. The summed E-state index contributed by atoms with van der Waals surface area (Å²) in [4.78, 5) is 24.4. The van der Waals surface area contributed by atoms with Crippen molar-refractivity contribution in [2.24, 2.45) is 11.7 Å². The smallest absolute Gasteiger partial charge is 0.322 e. The summed E-state index contributed by atoms with van der Waals surface area (Å²) in [6.07, 6.45) is 0. The summed E-state index contributed by atoms with van der Waals surface area (Å²) in [7, 11) is 0. The fourth-order valence-corrected chi connectivity index (χ4v) is 2.94. The zero-order valence-electron chi connectivity index (χ0n) is 15.3. The van der Waals surface area contributed by atoms with Gasteiger partial charge >= 0.3 is 11.9 Å². The molecule has 0 aliphatic carbocycles. The van der Waals surface area contributed by atoms with E-state index in [1.165, 1.54) is 0 Å². The van der Waals surface area contributed by atoms with Crippen molar-refractivity contribution in [2.75, 3.05) is 0 Å². The Hall–Kier alpha value is -2.66. The van der Waals surface area contributed by atoms with Crippen LogP contribution in [0, 0.1) is 5.92 Å². The van der Waals surface area contributed by atoms with E-state index in [9.17, 15) is 14.7 Å². The van der Waals surface area contributed by atoms with Crippen LogP contribution in [0.2, 0.25) is 0 Å². The number of hydrogen-bond donors (Lipinski definition) is 2. The standard InChI is InChI=1S/C21H25NO4/c1-21(2,3)26-20(25)17(19(23)24)18(22)16(14-10-6-4-7-11-14)15-12-8-5-9-13-15/h4-13,16-18H,22H2,1-3H3,(H,23,24)/t17-,18?/m0/s1. The Kier molecular flexibility index (Phi) is 6.16. The molecule has 1 unspecified atom stereocenters. The number of ether oxygens (including phenoxy) is 1. The van der Waals surface area contributed by atoms with Crippen LogP contribution in [0.25, 0.3) is 0 Å². The van der Waals surface area contributed by atoms with Crippen LogP contribution in [0.3, 0.4) is 0 Å². The number of carbonyl (C=O) groups excluding carboxylic acids is 1. The molecule has 0 radical (unpaired) electrons. The molecule has 0 fully saturated rings. The monoisotopic (exact) mass is 355 g/mol. The molecule has 5 heteroatoms.